The van der Waals surface area contributed by atoms with E-state index >= 15 is 0 Å². The summed E-state index contributed by atoms with van der Waals surface area (Å²) in [5, 5.41) is 14.7. The molecule has 0 bridgehead atoms. The van der Waals surface area contributed by atoms with Gasteiger partial charge >= 0.3 is 5.97 Å². The van der Waals surface area contributed by atoms with Crippen molar-refractivity contribution in [1.82, 2.24) is 5.32 Å². The Bertz CT molecular complexity index is 1630. The van der Waals surface area contributed by atoms with Crippen LogP contribution in [0.5, 0.6) is 0 Å². The molecule has 0 spiro atoms. The minimum absolute atomic E-state index is 0.0990. The largest absolute Gasteiger partial charge is 0.481 e. The van der Waals surface area contributed by atoms with Crippen molar-refractivity contribution in [2.75, 3.05) is 12.4 Å². The molecular formula is C36H34N2O6. The maximum absolute atomic E-state index is 13.0. The number of benzene rings is 4. The molecule has 8 heteroatoms. The molecule has 0 heterocycles. The minimum atomic E-state index is -1.32. The van der Waals surface area contributed by atoms with Gasteiger partial charge < -0.3 is 20.5 Å². The van der Waals surface area contributed by atoms with Gasteiger partial charge in [-0.15, -0.1) is 0 Å². The summed E-state index contributed by atoms with van der Waals surface area (Å²) in [6.45, 7) is 2.19. The number of carboxylic acids is 1. The van der Waals surface area contributed by atoms with Gasteiger partial charge in [-0.1, -0.05) is 90.5 Å². The molecule has 1 fully saturated rings. The highest BCUT2D eigenvalue weighted by Gasteiger charge is 2.62. The number of ether oxygens (including phenoxy) is 1. The summed E-state index contributed by atoms with van der Waals surface area (Å²) in [4.78, 5) is 48.0. The van der Waals surface area contributed by atoms with Gasteiger partial charge in [0.1, 0.15) is 12.0 Å². The summed E-state index contributed by atoms with van der Waals surface area (Å²) in [7, 11) is 1.38. The summed E-state index contributed by atoms with van der Waals surface area (Å²) < 4.78 is 4.85. The van der Waals surface area contributed by atoms with E-state index in [1.807, 2.05) is 12.1 Å². The summed E-state index contributed by atoms with van der Waals surface area (Å²) >= 11 is 0. The minimum Gasteiger partial charge on any atom is -0.481 e. The summed E-state index contributed by atoms with van der Waals surface area (Å²) in [6, 6.07) is 33.0. The molecule has 1 aliphatic rings. The van der Waals surface area contributed by atoms with Gasteiger partial charge in [0, 0.05) is 12.7 Å². The second-order valence-corrected chi connectivity index (χ2v) is 11.1. The highest BCUT2D eigenvalue weighted by Crippen LogP contribution is 2.44. The lowest BCUT2D eigenvalue weighted by molar-refractivity contribution is -0.186. The van der Waals surface area contributed by atoms with Crippen molar-refractivity contribution in [1.29, 1.82) is 0 Å². The Kier molecular flexibility index (Phi) is 9.19. The van der Waals surface area contributed by atoms with Crippen LogP contribution in [-0.2, 0) is 36.8 Å². The van der Waals surface area contributed by atoms with Crippen LogP contribution in [0.4, 0.5) is 5.69 Å². The first kappa shape index (κ1) is 30.2. The van der Waals surface area contributed by atoms with Crippen molar-refractivity contribution in [3.05, 3.63) is 125 Å². The average Bonchev–Trinajstić information content (AvgIpc) is 3.01. The van der Waals surface area contributed by atoms with E-state index in [1.54, 1.807) is 12.1 Å². The zero-order valence-electron chi connectivity index (χ0n) is 24.5. The number of carbonyl (C=O) groups excluding carboxylic acids is 3. The Labute approximate surface area is 256 Å². The van der Waals surface area contributed by atoms with Gasteiger partial charge in [-0.25, -0.2) is 0 Å². The van der Waals surface area contributed by atoms with Crippen LogP contribution in [0.1, 0.15) is 27.8 Å². The van der Waals surface area contributed by atoms with E-state index in [1.165, 1.54) is 23.7 Å². The lowest BCUT2D eigenvalue weighted by Gasteiger charge is -2.45. The first-order chi connectivity index (χ1) is 21.3. The number of nitrogens with one attached hydrogen (secondary N) is 2. The van der Waals surface area contributed by atoms with Crippen molar-refractivity contribution in [3.63, 3.8) is 0 Å². The molecule has 0 saturated heterocycles. The molecule has 8 nitrogen and oxygen atoms in total. The number of hydrogen-bond donors (Lipinski definition) is 3. The van der Waals surface area contributed by atoms with Gasteiger partial charge in [-0.3, -0.25) is 19.2 Å². The molecule has 2 amide bonds. The fraction of sp³-hybridized carbons (Fsp3) is 0.222. The average molecular weight is 591 g/mol. The van der Waals surface area contributed by atoms with Gasteiger partial charge in [-0.05, 0) is 65.3 Å². The number of rotatable bonds is 11. The van der Waals surface area contributed by atoms with Crippen LogP contribution in [0.15, 0.2) is 97.1 Å². The Hall–Kier alpha value is -5.24. The third-order valence-corrected chi connectivity index (χ3v) is 8.23. The lowest BCUT2D eigenvalue weighted by atomic mass is 9.61. The maximum Gasteiger partial charge on any atom is 0.311 e. The molecule has 0 aliphatic heterocycles. The van der Waals surface area contributed by atoms with Crippen molar-refractivity contribution in [2.45, 2.75) is 25.9 Å². The molecule has 44 heavy (non-hydrogen) atoms. The van der Waals surface area contributed by atoms with E-state index in [-0.39, 0.29) is 6.47 Å². The first-order valence-electron chi connectivity index (χ1n) is 14.4. The Balaban J connectivity index is 1.18. The van der Waals surface area contributed by atoms with Gasteiger partial charge in [0.25, 0.3) is 6.47 Å². The number of amides is 2. The molecule has 4 atom stereocenters. The molecule has 1 aliphatic carbocycles. The van der Waals surface area contributed by atoms with Gasteiger partial charge in [0.2, 0.25) is 11.8 Å². The van der Waals surface area contributed by atoms with E-state index in [4.69, 9.17) is 4.74 Å². The monoisotopic (exact) mass is 590 g/mol. The highest BCUT2D eigenvalue weighted by molar-refractivity contribution is 6.01. The molecule has 5 rings (SSSR count). The van der Waals surface area contributed by atoms with Crippen molar-refractivity contribution in [2.24, 2.45) is 17.8 Å². The highest BCUT2D eigenvalue weighted by atomic mass is 16.5. The standard InChI is InChI=1S/C36H34N2O6/c1-22-3-5-23(6-4-22)19-24-7-13-27(14-8-24)28-15-9-25(10-16-28)20-26-11-17-29(18-12-26)38-35(41)30-31(34(40)37-2)33(44-21-39)32(30)36(42)43/h3-18,21,30-33H,19-20H2,1-2H3,(H,37,40)(H,38,41)(H,42,43). The fourth-order valence-corrected chi connectivity index (χ4v) is 5.78. The molecule has 4 aromatic rings. The first-order valence-corrected chi connectivity index (χ1v) is 14.4. The second kappa shape index (κ2) is 13.4. The molecular weight excluding hydrogens is 556 g/mol. The number of hydrogen-bond acceptors (Lipinski definition) is 5. The number of carboxylic acid groups (broad SMARTS) is 1. The van der Waals surface area contributed by atoms with Gasteiger partial charge in [-0.2, -0.15) is 0 Å². The predicted molar refractivity (Wildman–Crippen MR) is 167 cm³/mol. The van der Waals surface area contributed by atoms with Crippen LogP contribution in [0.2, 0.25) is 0 Å². The van der Waals surface area contributed by atoms with Crippen LogP contribution in [0.25, 0.3) is 11.1 Å². The van der Waals surface area contributed by atoms with E-state index in [0.717, 1.165) is 28.7 Å². The van der Waals surface area contributed by atoms with Crippen molar-refractivity contribution < 1.29 is 29.0 Å². The molecule has 224 valence electrons. The number of aryl methyl sites for hydroxylation is 1. The smallest absolute Gasteiger partial charge is 0.311 e. The fourth-order valence-electron chi connectivity index (χ4n) is 5.78. The Morgan fingerprint density at radius 2 is 1.14 bits per heavy atom. The third kappa shape index (κ3) is 6.70. The van der Waals surface area contributed by atoms with Crippen LogP contribution in [0.3, 0.4) is 0 Å². The van der Waals surface area contributed by atoms with E-state index in [2.05, 4.69) is 90.4 Å². The van der Waals surface area contributed by atoms with Crippen LogP contribution >= 0.6 is 0 Å². The normalized spacial score (nSPS) is 18.9. The molecule has 1 saturated carbocycles. The summed E-state index contributed by atoms with van der Waals surface area (Å²) in [5.41, 5.74) is 8.76. The van der Waals surface area contributed by atoms with Crippen LogP contribution < -0.4 is 10.6 Å². The third-order valence-electron chi connectivity index (χ3n) is 8.23. The molecule has 4 unspecified atom stereocenters. The van der Waals surface area contributed by atoms with E-state index in [0.29, 0.717) is 12.1 Å². The SMILES string of the molecule is CNC(=O)C1C(OC=O)C(C(=O)O)C1C(=O)Nc1ccc(Cc2ccc(-c3ccc(Cc4ccc(C)cc4)cc3)cc2)cc1. The maximum atomic E-state index is 13.0. The van der Waals surface area contributed by atoms with E-state index in [9.17, 15) is 24.3 Å². The van der Waals surface area contributed by atoms with Crippen LogP contribution in [0, 0.1) is 24.7 Å². The van der Waals surface area contributed by atoms with Crippen LogP contribution in [-0.4, -0.2) is 42.5 Å². The lowest BCUT2D eigenvalue weighted by Crippen LogP contribution is -2.64. The van der Waals surface area contributed by atoms with Gasteiger partial charge in [0.05, 0.1) is 11.8 Å². The zero-order chi connectivity index (χ0) is 31.2. The predicted octanol–water partition coefficient (Wildman–Crippen LogP) is 5.02. The Morgan fingerprint density at radius 3 is 1.57 bits per heavy atom. The van der Waals surface area contributed by atoms with E-state index < -0.39 is 41.6 Å². The molecule has 3 N–H and O–H groups in total. The Morgan fingerprint density at radius 1 is 0.682 bits per heavy atom. The second-order valence-electron chi connectivity index (χ2n) is 11.1. The number of aliphatic carboxylic acids is 1. The summed E-state index contributed by atoms with van der Waals surface area (Å²) in [6.07, 6.45) is 0.383. The number of anilines is 1. The molecule has 4 aromatic carbocycles. The van der Waals surface area contributed by atoms with Gasteiger partial charge in [0.15, 0.2) is 0 Å². The topological polar surface area (TPSA) is 122 Å². The van der Waals surface area contributed by atoms with Crippen molar-refractivity contribution in [3.8, 4) is 11.1 Å². The quantitative estimate of drug-likeness (QED) is 0.211. The zero-order valence-corrected chi connectivity index (χ0v) is 24.5. The summed E-state index contributed by atoms with van der Waals surface area (Å²) in [5.74, 6) is -6.09. The number of carbonyl (C=O) groups is 4. The van der Waals surface area contributed by atoms with Crippen molar-refractivity contribution >= 4 is 29.9 Å². The molecule has 0 aromatic heterocycles. The molecule has 0 radical (unpaired) electrons.